The summed E-state index contributed by atoms with van der Waals surface area (Å²) >= 11 is 9.42. The largest absolute Gasteiger partial charge is 0.383 e. The van der Waals surface area contributed by atoms with E-state index in [-0.39, 0.29) is 0 Å². The van der Waals surface area contributed by atoms with Gasteiger partial charge in [-0.2, -0.15) is 0 Å². The number of unbranched alkanes of at least 4 members (excludes halogenated alkanes) is 2. The van der Waals surface area contributed by atoms with Gasteiger partial charge in [0.2, 0.25) is 0 Å². The van der Waals surface area contributed by atoms with Gasteiger partial charge in [0.25, 0.3) is 0 Å². The summed E-state index contributed by atoms with van der Waals surface area (Å²) in [6.45, 7) is 4.44. The molecule has 1 aromatic carbocycles. The van der Waals surface area contributed by atoms with Gasteiger partial charge in [0, 0.05) is 16.2 Å². The molecule has 0 amide bonds. The molecule has 3 heteroatoms. The average molecular weight is 305 g/mol. The molecule has 1 rings (SSSR count). The lowest BCUT2D eigenvalue weighted by molar-refractivity contribution is 0.615. The molecule has 0 aliphatic carbocycles. The summed E-state index contributed by atoms with van der Waals surface area (Å²) in [5.41, 5.74) is 1.09. The van der Waals surface area contributed by atoms with Crippen molar-refractivity contribution in [3.05, 3.63) is 27.7 Å². The lowest BCUT2D eigenvalue weighted by Crippen LogP contribution is -2.14. The van der Waals surface area contributed by atoms with Crippen molar-refractivity contribution in [2.24, 2.45) is 0 Å². The zero-order valence-corrected chi connectivity index (χ0v) is 12.2. The third kappa shape index (κ3) is 4.75. The second kappa shape index (κ2) is 7.18. The van der Waals surface area contributed by atoms with E-state index in [1.807, 2.05) is 18.2 Å². The van der Waals surface area contributed by atoms with Crippen LogP contribution < -0.4 is 5.32 Å². The van der Waals surface area contributed by atoms with E-state index in [9.17, 15) is 0 Å². The molecule has 0 aliphatic rings. The third-order valence-electron chi connectivity index (χ3n) is 2.57. The van der Waals surface area contributed by atoms with E-state index < -0.39 is 0 Å². The van der Waals surface area contributed by atoms with Gasteiger partial charge >= 0.3 is 0 Å². The zero-order chi connectivity index (χ0) is 12.0. The Morgan fingerprint density at radius 1 is 1.38 bits per heavy atom. The minimum Gasteiger partial charge on any atom is -0.383 e. The van der Waals surface area contributed by atoms with Gasteiger partial charge in [0.1, 0.15) is 0 Å². The molecule has 1 atom stereocenters. The first-order chi connectivity index (χ1) is 7.63. The highest BCUT2D eigenvalue weighted by molar-refractivity contribution is 9.10. The van der Waals surface area contributed by atoms with Crippen LogP contribution in [0.5, 0.6) is 0 Å². The van der Waals surface area contributed by atoms with Crippen LogP contribution in [0.2, 0.25) is 5.02 Å². The normalized spacial score (nSPS) is 12.5. The number of hydrogen-bond acceptors (Lipinski definition) is 1. The van der Waals surface area contributed by atoms with Crippen LogP contribution in [0.1, 0.15) is 39.5 Å². The number of rotatable bonds is 6. The summed E-state index contributed by atoms with van der Waals surface area (Å²) in [5, 5.41) is 4.22. The molecule has 0 saturated heterocycles. The number of nitrogens with one attached hydrogen (secondary N) is 1. The van der Waals surface area contributed by atoms with Crippen molar-refractivity contribution in [2.45, 2.75) is 45.6 Å². The summed E-state index contributed by atoms with van der Waals surface area (Å²) in [5.74, 6) is 0. The summed E-state index contributed by atoms with van der Waals surface area (Å²) in [7, 11) is 0. The standard InChI is InChI=1S/C13H19BrClN/c1-3-4-5-6-10(2)16-11-7-8-12(14)13(15)9-11/h7-10,16H,3-6H2,1-2H3. The number of halogens is 2. The third-order valence-corrected chi connectivity index (χ3v) is 3.81. The summed E-state index contributed by atoms with van der Waals surface area (Å²) in [4.78, 5) is 0. The molecule has 90 valence electrons. The van der Waals surface area contributed by atoms with Crippen molar-refractivity contribution in [1.29, 1.82) is 0 Å². The van der Waals surface area contributed by atoms with Gasteiger partial charge in [0.15, 0.2) is 0 Å². The number of hydrogen-bond donors (Lipinski definition) is 1. The topological polar surface area (TPSA) is 12.0 Å². The molecule has 0 fully saturated rings. The highest BCUT2D eigenvalue weighted by atomic mass is 79.9. The predicted octanol–water partition coefficient (Wildman–Crippen LogP) is 5.48. The van der Waals surface area contributed by atoms with Gasteiger partial charge in [0.05, 0.1) is 5.02 Å². The van der Waals surface area contributed by atoms with Gasteiger partial charge in [-0.25, -0.2) is 0 Å². The Kier molecular flexibility index (Phi) is 6.22. The van der Waals surface area contributed by atoms with Gasteiger partial charge in [-0.05, 0) is 47.5 Å². The summed E-state index contributed by atoms with van der Waals surface area (Å²) in [6, 6.07) is 6.49. The predicted molar refractivity (Wildman–Crippen MR) is 76.4 cm³/mol. The molecule has 1 unspecified atom stereocenters. The van der Waals surface area contributed by atoms with Crippen LogP contribution in [0.3, 0.4) is 0 Å². The zero-order valence-electron chi connectivity index (χ0n) is 9.89. The lowest BCUT2D eigenvalue weighted by atomic mass is 10.1. The summed E-state index contributed by atoms with van der Waals surface area (Å²) in [6.07, 6.45) is 5.08. The Morgan fingerprint density at radius 3 is 2.75 bits per heavy atom. The van der Waals surface area contributed by atoms with Crippen molar-refractivity contribution in [2.75, 3.05) is 5.32 Å². The molecule has 1 aromatic rings. The molecule has 0 heterocycles. The Morgan fingerprint density at radius 2 is 2.12 bits per heavy atom. The van der Waals surface area contributed by atoms with Crippen LogP contribution in [-0.4, -0.2) is 6.04 Å². The fourth-order valence-electron chi connectivity index (χ4n) is 1.64. The molecule has 0 radical (unpaired) electrons. The van der Waals surface area contributed by atoms with E-state index in [0.29, 0.717) is 6.04 Å². The first kappa shape index (κ1) is 13.9. The van der Waals surface area contributed by atoms with Crippen LogP contribution >= 0.6 is 27.5 Å². The van der Waals surface area contributed by atoms with E-state index in [1.54, 1.807) is 0 Å². The minimum absolute atomic E-state index is 0.504. The molecular weight excluding hydrogens is 286 g/mol. The first-order valence-electron chi connectivity index (χ1n) is 5.85. The second-order valence-corrected chi connectivity index (χ2v) is 5.43. The molecular formula is C13H19BrClN. The van der Waals surface area contributed by atoms with Crippen molar-refractivity contribution in [3.8, 4) is 0 Å². The minimum atomic E-state index is 0.504. The van der Waals surface area contributed by atoms with Gasteiger partial charge in [-0.1, -0.05) is 37.8 Å². The van der Waals surface area contributed by atoms with Gasteiger partial charge < -0.3 is 5.32 Å². The van der Waals surface area contributed by atoms with Crippen LogP contribution in [-0.2, 0) is 0 Å². The fraction of sp³-hybridized carbons (Fsp3) is 0.538. The monoisotopic (exact) mass is 303 g/mol. The van der Waals surface area contributed by atoms with E-state index in [2.05, 4.69) is 35.1 Å². The van der Waals surface area contributed by atoms with Crippen molar-refractivity contribution < 1.29 is 0 Å². The highest BCUT2D eigenvalue weighted by Gasteiger charge is 2.03. The van der Waals surface area contributed by atoms with Crippen molar-refractivity contribution in [3.63, 3.8) is 0 Å². The fourth-order valence-corrected chi connectivity index (χ4v) is 2.07. The number of anilines is 1. The molecule has 1 nitrogen and oxygen atoms in total. The summed E-state index contributed by atoms with van der Waals surface area (Å²) < 4.78 is 0.943. The van der Waals surface area contributed by atoms with Gasteiger partial charge in [-0.3, -0.25) is 0 Å². The second-order valence-electron chi connectivity index (χ2n) is 4.17. The van der Waals surface area contributed by atoms with Crippen molar-refractivity contribution >= 4 is 33.2 Å². The maximum Gasteiger partial charge on any atom is 0.0568 e. The SMILES string of the molecule is CCCCCC(C)Nc1ccc(Br)c(Cl)c1. The first-order valence-corrected chi connectivity index (χ1v) is 7.02. The Balaban J connectivity index is 2.43. The number of benzene rings is 1. The Bertz CT molecular complexity index is 328. The molecule has 0 spiro atoms. The van der Waals surface area contributed by atoms with E-state index in [1.165, 1.54) is 25.7 Å². The van der Waals surface area contributed by atoms with Crippen LogP contribution in [0, 0.1) is 0 Å². The smallest absolute Gasteiger partial charge is 0.0568 e. The van der Waals surface area contributed by atoms with Crippen LogP contribution in [0.4, 0.5) is 5.69 Å². The highest BCUT2D eigenvalue weighted by Crippen LogP contribution is 2.26. The lowest BCUT2D eigenvalue weighted by Gasteiger charge is -2.15. The van der Waals surface area contributed by atoms with Crippen molar-refractivity contribution in [1.82, 2.24) is 0 Å². The Hall–Kier alpha value is -0.210. The maximum absolute atomic E-state index is 6.04. The maximum atomic E-state index is 6.04. The molecule has 1 N–H and O–H groups in total. The van der Waals surface area contributed by atoms with E-state index in [0.717, 1.165) is 15.2 Å². The average Bonchev–Trinajstić information content (AvgIpc) is 2.24. The Labute approximate surface area is 112 Å². The van der Waals surface area contributed by atoms with Crippen LogP contribution in [0.25, 0.3) is 0 Å². The molecule has 0 saturated carbocycles. The van der Waals surface area contributed by atoms with Gasteiger partial charge in [-0.15, -0.1) is 0 Å². The molecule has 16 heavy (non-hydrogen) atoms. The molecule has 0 aromatic heterocycles. The molecule has 0 aliphatic heterocycles. The van der Waals surface area contributed by atoms with E-state index >= 15 is 0 Å². The van der Waals surface area contributed by atoms with Crippen LogP contribution in [0.15, 0.2) is 22.7 Å². The van der Waals surface area contributed by atoms with E-state index in [4.69, 9.17) is 11.6 Å². The quantitative estimate of drug-likeness (QED) is 0.686. The molecule has 0 bridgehead atoms.